The van der Waals surface area contributed by atoms with Crippen molar-refractivity contribution in [2.45, 2.75) is 17.7 Å². The van der Waals surface area contributed by atoms with Crippen molar-refractivity contribution in [3.05, 3.63) is 58.6 Å². The SMILES string of the molecule is COC(=O)c1cc(S(=O)(=O)N2CCCc3ccccc32)ccc1Cl. The number of anilines is 1. The van der Waals surface area contributed by atoms with Gasteiger partial charge in [-0.1, -0.05) is 29.8 Å². The van der Waals surface area contributed by atoms with Crippen LogP contribution >= 0.6 is 11.6 Å². The van der Waals surface area contributed by atoms with Crippen LogP contribution in [0.3, 0.4) is 0 Å². The standard InChI is InChI=1S/C17H16ClNO4S/c1-23-17(20)14-11-13(8-9-15(14)18)24(21,22)19-10-4-6-12-5-2-3-7-16(12)19/h2-3,5,7-9,11H,4,6,10H2,1H3. The number of rotatable bonds is 3. The fourth-order valence-corrected chi connectivity index (χ4v) is 4.57. The molecule has 0 aliphatic carbocycles. The quantitative estimate of drug-likeness (QED) is 0.783. The number of aryl methyl sites for hydroxylation is 1. The summed E-state index contributed by atoms with van der Waals surface area (Å²) in [5, 5.41) is 0.153. The molecule has 0 bridgehead atoms. The van der Waals surface area contributed by atoms with Crippen molar-refractivity contribution in [1.29, 1.82) is 0 Å². The number of sulfonamides is 1. The van der Waals surface area contributed by atoms with E-state index in [1.807, 2.05) is 18.2 Å². The Labute approximate surface area is 145 Å². The summed E-state index contributed by atoms with van der Waals surface area (Å²) >= 11 is 5.98. The van der Waals surface area contributed by atoms with E-state index >= 15 is 0 Å². The van der Waals surface area contributed by atoms with Gasteiger partial charge in [-0.2, -0.15) is 0 Å². The van der Waals surface area contributed by atoms with Gasteiger partial charge in [0.15, 0.2) is 0 Å². The molecular formula is C17H16ClNO4S. The number of hydrogen-bond donors (Lipinski definition) is 0. The smallest absolute Gasteiger partial charge is 0.339 e. The second-order valence-electron chi connectivity index (χ2n) is 5.44. The maximum atomic E-state index is 13.1. The van der Waals surface area contributed by atoms with Gasteiger partial charge in [-0.15, -0.1) is 0 Å². The molecule has 0 saturated heterocycles. The number of fused-ring (bicyclic) bond motifs is 1. The van der Waals surface area contributed by atoms with Crippen LogP contribution in [0.5, 0.6) is 0 Å². The van der Waals surface area contributed by atoms with E-state index in [-0.39, 0.29) is 15.5 Å². The molecule has 0 radical (unpaired) electrons. The number of hydrogen-bond acceptors (Lipinski definition) is 4. The van der Waals surface area contributed by atoms with Crippen LogP contribution in [0.25, 0.3) is 0 Å². The molecular weight excluding hydrogens is 350 g/mol. The lowest BCUT2D eigenvalue weighted by Crippen LogP contribution is -2.35. The summed E-state index contributed by atoms with van der Waals surface area (Å²) in [6, 6.07) is 11.5. The second-order valence-corrected chi connectivity index (χ2v) is 7.71. The van der Waals surface area contributed by atoms with Crippen LogP contribution in [0.1, 0.15) is 22.3 Å². The first kappa shape index (κ1) is 16.8. The first-order valence-corrected chi connectivity index (χ1v) is 9.25. The van der Waals surface area contributed by atoms with E-state index in [9.17, 15) is 13.2 Å². The first-order chi connectivity index (χ1) is 11.4. The molecule has 5 nitrogen and oxygen atoms in total. The van der Waals surface area contributed by atoms with E-state index in [1.165, 1.54) is 29.6 Å². The van der Waals surface area contributed by atoms with Gasteiger partial charge in [0.1, 0.15) is 0 Å². The monoisotopic (exact) mass is 365 g/mol. The average molecular weight is 366 g/mol. The minimum absolute atomic E-state index is 0.0176. The molecule has 0 N–H and O–H groups in total. The van der Waals surface area contributed by atoms with Gasteiger partial charge in [0.25, 0.3) is 10.0 Å². The third-order valence-corrected chi connectivity index (χ3v) is 6.14. The molecule has 0 unspecified atom stereocenters. The number of para-hydroxylation sites is 1. The van der Waals surface area contributed by atoms with Crippen molar-refractivity contribution in [3.63, 3.8) is 0 Å². The molecule has 0 spiro atoms. The maximum absolute atomic E-state index is 13.1. The highest BCUT2D eigenvalue weighted by molar-refractivity contribution is 7.92. The molecule has 0 amide bonds. The largest absolute Gasteiger partial charge is 0.465 e. The molecule has 2 aromatic carbocycles. The first-order valence-electron chi connectivity index (χ1n) is 7.43. The van der Waals surface area contributed by atoms with Gasteiger partial charge in [-0.3, -0.25) is 4.31 Å². The molecule has 1 aliphatic heterocycles. The fraction of sp³-hybridized carbons (Fsp3) is 0.235. The predicted octanol–water partition coefficient (Wildman–Crippen LogP) is 3.27. The lowest BCUT2D eigenvalue weighted by Gasteiger charge is -2.30. The van der Waals surface area contributed by atoms with Crippen molar-refractivity contribution in [1.82, 2.24) is 0 Å². The molecule has 0 atom stereocenters. The van der Waals surface area contributed by atoms with Crippen LogP contribution in [0, 0.1) is 0 Å². The molecule has 24 heavy (non-hydrogen) atoms. The Hall–Kier alpha value is -2.05. The topological polar surface area (TPSA) is 63.7 Å². The van der Waals surface area contributed by atoms with Crippen molar-refractivity contribution in [3.8, 4) is 0 Å². The number of ether oxygens (including phenoxy) is 1. The number of halogens is 1. The number of methoxy groups -OCH3 is 1. The molecule has 3 rings (SSSR count). The van der Waals surface area contributed by atoms with Gasteiger partial charge in [-0.05, 0) is 42.7 Å². The number of benzene rings is 2. The third kappa shape index (κ3) is 2.87. The molecule has 0 saturated carbocycles. The Morgan fingerprint density at radius 3 is 2.71 bits per heavy atom. The summed E-state index contributed by atoms with van der Waals surface area (Å²) in [5.74, 6) is -0.670. The van der Waals surface area contributed by atoms with Gasteiger partial charge in [0.2, 0.25) is 0 Å². The minimum atomic E-state index is -3.79. The summed E-state index contributed by atoms with van der Waals surface area (Å²) in [7, 11) is -2.57. The summed E-state index contributed by atoms with van der Waals surface area (Å²) in [6.07, 6.45) is 1.59. The number of nitrogens with zero attached hydrogens (tertiary/aromatic N) is 1. The van der Waals surface area contributed by atoms with E-state index in [4.69, 9.17) is 11.6 Å². The van der Waals surface area contributed by atoms with Crippen molar-refractivity contribution in [2.75, 3.05) is 18.0 Å². The number of esters is 1. The van der Waals surface area contributed by atoms with Crippen LogP contribution in [0.4, 0.5) is 5.69 Å². The zero-order chi connectivity index (χ0) is 17.3. The van der Waals surface area contributed by atoms with Crippen molar-refractivity contribution < 1.29 is 17.9 Å². The summed E-state index contributed by atoms with van der Waals surface area (Å²) < 4.78 is 32.2. The van der Waals surface area contributed by atoms with Crippen LogP contribution in [0.15, 0.2) is 47.4 Å². The Morgan fingerprint density at radius 2 is 1.96 bits per heavy atom. The minimum Gasteiger partial charge on any atom is -0.465 e. The average Bonchev–Trinajstić information content (AvgIpc) is 2.60. The third-order valence-electron chi connectivity index (χ3n) is 4.00. The van der Waals surface area contributed by atoms with Crippen molar-refractivity contribution in [2.24, 2.45) is 0 Å². The summed E-state index contributed by atoms with van der Waals surface area (Å²) in [4.78, 5) is 11.8. The molecule has 0 aromatic heterocycles. The second kappa shape index (κ2) is 6.45. The van der Waals surface area contributed by atoms with Gasteiger partial charge >= 0.3 is 5.97 Å². The Kier molecular flexibility index (Phi) is 4.51. The fourth-order valence-electron chi connectivity index (χ4n) is 2.81. The van der Waals surface area contributed by atoms with Crippen LogP contribution in [0.2, 0.25) is 5.02 Å². The summed E-state index contributed by atoms with van der Waals surface area (Å²) in [5.41, 5.74) is 1.71. The molecule has 1 aliphatic rings. The Morgan fingerprint density at radius 1 is 1.21 bits per heavy atom. The van der Waals surface area contributed by atoms with Crippen LogP contribution < -0.4 is 4.31 Å². The highest BCUT2D eigenvalue weighted by atomic mass is 35.5. The van der Waals surface area contributed by atoms with Gasteiger partial charge < -0.3 is 4.74 Å². The maximum Gasteiger partial charge on any atom is 0.339 e. The van der Waals surface area contributed by atoms with E-state index in [2.05, 4.69) is 4.74 Å². The zero-order valence-electron chi connectivity index (χ0n) is 13.0. The molecule has 0 fully saturated rings. The van der Waals surface area contributed by atoms with Crippen LogP contribution in [-0.2, 0) is 21.2 Å². The van der Waals surface area contributed by atoms with E-state index in [0.29, 0.717) is 12.2 Å². The van der Waals surface area contributed by atoms with E-state index < -0.39 is 16.0 Å². The number of carbonyl (C=O) groups is 1. The highest BCUT2D eigenvalue weighted by Gasteiger charge is 2.29. The summed E-state index contributed by atoms with van der Waals surface area (Å²) in [6.45, 7) is 0.398. The molecule has 1 heterocycles. The Bertz CT molecular complexity index is 895. The molecule has 126 valence electrons. The van der Waals surface area contributed by atoms with Gasteiger partial charge in [0.05, 0.1) is 28.3 Å². The normalized spacial score (nSPS) is 14.2. The number of carbonyl (C=O) groups excluding carboxylic acids is 1. The molecule has 7 heteroatoms. The van der Waals surface area contributed by atoms with Crippen molar-refractivity contribution >= 4 is 33.3 Å². The highest BCUT2D eigenvalue weighted by Crippen LogP contribution is 2.32. The van der Waals surface area contributed by atoms with E-state index in [1.54, 1.807) is 6.07 Å². The lowest BCUT2D eigenvalue weighted by molar-refractivity contribution is 0.0600. The van der Waals surface area contributed by atoms with Crippen LogP contribution in [-0.4, -0.2) is 28.0 Å². The van der Waals surface area contributed by atoms with Gasteiger partial charge in [-0.25, -0.2) is 13.2 Å². The predicted molar refractivity (Wildman–Crippen MR) is 92.1 cm³/mol. The van der Waals surface area contributed by atoms with Gasteiger partial charge in [0, 0.05) is 6.54 Å². The lowest BCUT2D eigenvalue weighted by atomic mass is 10.0. The molecule has 2 aromatic rings. The Balaban J connectivity index is 2.08. The van der Waals surface area contributed by atoms with E-state index in [0.717, 1.165) is 18.4 Å². The zero-order valence-corrected chi connectivity index (χ0v) is 14.6.